The van der Waals surface area contributed by atoms with Crippen molar-refractivity contribution < 1.29 is 18.0 Å². The van der Waals surface area contributed by atoms with Gasteiger partial charge in [-0.3, -0.25) is 9.59 Å². The van der Waals surface area contributed by atoms with Crippen LogP contribution in [-0.4, -0.2) is 44.3 Å². The van der Waals surface area contributed by atoms with Crippen molar-refractivity contribution in [2.75, 3.05) is 13.1 Å². The van der Waals surface area contributed by atoms with E-state index >= 15 is 0 Å². The van der Waals surface area contributed by atoms with E-state index in [2.05, 4.69) is 5.32 Å². The summed E-state index contributed by atoms with van der Waals surface area (Å²) < 4.78 is 22.4. The molecule has 0 aliphatic carbocycles. The fraction of sp³-hybridized carbons (Fsp3) is 0.500. The summed E-state index contributed by atoms with van der Waals surface area (Å²) >= 11 is 0. The number of hydrogen-bond donors (Lipinski definition) is 2. The molecule has 8 heteroatoms. The van der Waals surface area contributed by atoms with E-state index in [1.807, 2.05) is 13.8 Å². The normalized spacial score (nSPS) is 12.5. The molecule has 0 radical (unpaired) electrons. The summed E-state index contributed by atoms with van der Waals surface area (Å²) in [5.74, 6) is -0.375. The molecule has 0 spiro atoms. The average Bonchev–Trinajstić information content (AvgIpc) is 2.50. The lowest BCUT2D eigenvalue weighted by atomic mass is 10.1. The fourth-order valence-corrected chi connectivity index (χ4v) is 2.57. The monoisotopic (exact) mass is 355 g/mol. The van der Waals surface area contributed by atoms with Gasteiger partial charge in [-0.05, 0) is 37.5 Å². The maximum Gasteiger partial charge on any atom is 0.239 e. The van der Waals surface area contributed by atoms with Crippen molar-refractivity contribution >= 4 is 21.8 Å². The highest BCUT2D eigenvalue weighted by Crippen LogP contribution is 2.10. The number of amides is 2. The van der Waals surface area contributed by atoms with E-state index in [1.165, 1.54) is 24.0 Å². The van der Waals surface area contributed by atoms with E-state index < -0.39 is 10.0 Å². The van der Waals surface area contributed by atoms with Crippen molar-refractivity contribution in [3.8, 4) is 0 Å². The van der Waals surface area contributed by atoms with Crippen LogP contribution in [0.15, 0.2) is 29.2 Å². The molecule has 0 heterocycles. The van der Waals surface area contributed by atoms with E-state index in [4.69, 9.17) is 5.14 Å². The van der Waals surface area contributed by atoms with Crippen LogP contribution < -0.4 is 10.5 Å². The van der Waals surface area contributed by atoms with Crippen molar-refractivity contribution in [1.29, 1.82) is 0 Å². The van der Waals surface area contributed by atoms with Crippen molar-refractivity contribution in [1.82, 2.24) is 10.2 Å². The van der Waals surface area contributed by atoms with Gasteiger partial charge in [-0.1, -0.05) is 19.1 Å². The molecule has 2 amide bonds. The second kappa shape index (κ2) is 8.79. The van der Waals surface area contributed by atoms with Crippen LogP contribution in [0.5, 0.6) is 0 Å². The average molecular weight is 355 g/mol. The molecule has 1 atom stereocenters. The summed E-state index contributed by atoms with van der Waals surface area (Å²) in [7, 11) is -3.71. The summed E-state index contributed by atoms with van der Waals surface area (Å²) in [6.45, 7) is 5.68. The number of carbonyl (C=O) groups excluding carboxylic acids is 2. The van der Waals surface area contributed by atoms with Gasteiger partial charge >= 0.3 is 0 Å². The summed E-state index contributed by atoms with van der Waals surface area (Å²) in [5, 5.41) is 7.87. The lowest BCUT2D eigenvalue weighted by molar-refractivity contribution is -0.134. The molecule has 1 unspecified atom stereocenters. The van der Waals surface area contributed by atoms with Crippen LogP contribution in [0.3, 0.4) is 0 Å². The van der Waals surface area contributed by atoms with Crippen LogP contribution in [0.1, 0.15) is 32.8 Å². The summed E-state index contributed by atoms with van der Waals surface area (Å²) in [6.07, 6.45) is 1.34. The SMILES string of the molecule is CCC(C)NC(=O)CN(CCc1ccc(S(N)(=O)=O)cc1)C(C)=O. The molecule has 0 aromatic heterocycles. The highest BCUT2D eigenvalue weighted by molar-refractivity contribution is 7.89. The number of nitrogens with one attached hydrogen (secondary N) is 1. The molecule has 0 aliphatic rings. The van der Waals surface area contributed by atoms with E-state index in [0.717, 1.165) is 12.0 Å². The molecule has 0 saturated carbocycles. The predicted molar refractivity (Wildman–Crippen MR) is 91.7 cm³/mol. The van der Waals surface area contributed by atoms with E-state index in [-0.39, 0.29) is 29.3 Å². The van der Waals surface area contributed by atoms with Crippen molar-refractivity contribution in [2.45, 2.75) is 44.6 Å². The second-order valence-corrected chi connectivity index (χ2v) is 7.32. The van der Waals surface area contributed by atoms with Gasteiger partial charge in [0.25, 0.3) is 0 Å². The summed E-state index contributed by atoms with van der Waals surface area (Å²) in [6, 6.07) is 6.22. The number of benzene rings is 1. The molecular formula is C16H25N3O4S. The topological polar surface area (TPSA) is 110 Å². The van der Waals surface area contributed by atoms with Gasteiger partial charge in [-0.15, -0.1) is 0 Å². The summed E-state index contributed by atoms with van der Waals surface area (Å²) in [4.78, 5) is 25.1. The molecule has 0 bridgehead atoms. The van der Waals surface area contributed by atoms with E-state index in [1.54, 1.807) is 12.1 Å². The first-order valence-corrected chi connectivity index (χ1v) is 9.34. The number of primary sulfonamides is 1. The van der Waals surface area contributed by atoms with Crippen molar-refractivity contribution in [3.05, 3.63) is 29.8 Å². The lowest BCUT2D eigenvalue weighted by Gasteiger charge is -2.22. The zero-order valence-electron chi connectivity index (χ0n) is 14.3. The third kappa shape index (κ3) is 6.67. The first-order valence-electron chi connectivity index (χ1n) is 7.80. The van der Waals surface area contributed by atoms with Crippen LogP contribution >= 0.6 is 0 Å². The smallest absolute Gasteiger partial charge is 0.239 e. The third-order valence-corrected chi connectivity index (χ3v) is 4.65. The highest BCUT2D eigenvalue weighted by Gasteiger charge is 2.15. The zero-order valence-corrected chi connectivity index (χ0v) is 15.1. The van der Waals surface area contributed by atoms with Crippen LogP contribution in [0, 0.1) is 0 Å². The molecular weight excluding hydrogens is 330 g/mol. The number of nitrogens with two attached hydrogens (primary N) is 1. The Labute approximate surface area is 143 Å². The number of nitrogens with zero attached hydrogens (tertiary/aromatic N) is 1. The summed E-state index contributed by atoms with van der Waals surface area (Å²) in [5.41, 5.74) is 0.857. The first kappa shape index (κ1) is 20.1. The minimum absolute atomic E-state index is 0.00887. The van der Waals surface area contributed by atoms with Crippen molar-refractivity contribution in [2.24, 2.45) is 5.14 Å². The van der Waals surface area contributed by atoms with Crippen LogP contribution in [0.25, 0.3) is 0 Å². The quantitative estimate of drug-likeness (QED) is 0.713. The minimum Gasteiger partial charge on any atom is -0.352 e. The largest absolute Gasteiger partial charge is 0.352 e. The Balaban J connectivity index is 2.64. The lowest BCUT2D eigenvalue weighted by Crippen LogP contribution is -2.43. The molecule has 1 aromatic rings. The number of rotatable bonds is 8. The van der Waals surface area contributed by atoms with Gasteiger partial charge in [0.15, 0.2) is 0 Å². The number of hydrogen-bond acceptors (Lipinski definition) is 4. The third-order valence-electron chi connectivity index (χ3n) is 3.72. The standard InChI is InChI=1S/C16H25N3O4S/c1-4-12(2)18-16(21)11-19(13(3)20)10-9-14-5-7-15(8-6-14)24(17,22)23/h5-8,12H,4,9-11H2,1-3H3,(H,18,21)(H2,17,22,23). The zero-order chi connectivity index (χ0) is 18.3. The van der Waals surface area contributed by atoms with Gasteiger partial charge < -0.3 is 10.2 Å². The van der Waals surface area contributed by atoms with E-state index in [0.29, 0.717) is 13.0 Å². The molecule has 1 aromatic carbocycles. The Hall–Kier alpha value is -1.93. The van der Waals surface area contributed by atoms with Gasteiger partial charge in [-0.25, -0.2) is 13.6 Å². The minimum atomic E-state index is -3.71. The molecule has 3 N–H and O–H groups in total. The molecule has 7 nitrogen and oxygen atoms in total. The van der Waals surface area contributed by atoms with Crippen LogP contribution in [-0.2, 0) is 26.0 Å². The predicted octanol–water partition coefficient (Wildman–Crippen LogP) is 0.640. The van der Waals surface area contributed by atoms with Crippen LogP contribution in [0.4, 0.5) is 0 Å². The first-order chi connectivity index (χ1) is 11.1. The Morgan fingerprint density at radius 2 is 1.83 bits per heavy atom. The van der Waals surface area contributed by atoms with Gasteiger partial charge in [0, 0.05) is 19.5 Å². The van der Waals surface area contributed by atoms with Gasteiger partial charge in [0.05, 0.1) is 11.4 Å². The highest BCUT2D eigenvalue weighted by atomic mass is 32.2. The molecule has 0 aliphatic heterocycles. The Morgan fingerprint density at radius 3 is 2.29 bits per heavy atom. The van der Waals surface area contributed by atoms with E-state index in [9.17, 15) is 18.0 Å². The number of carbonyl (C=O) groups is 2. The molecule has 1 rings (SSSR count). The Morgan fingerprint density at radius 1 is 1.25 bits per heavy atom. The number of sulfonamides is 1. The second-order valence-electron chi connectivity index (χ2n) is 5.76. The van der Waals surface area contributed by atoms with Gasteiger partial charge in [-0.2, -0.15) is 0 Å². The Kier molecular flexibility index (Phi) is 7.37. The molecule has 134 valence electrons. The molecule has 0 fully saturated rings. The van der Waals surface area contributed by atoms with Gasteiger partial charge in [0.1, 0.15) is 0 Å². The molecule has 0 saturated heterocycles. The van der Waals surface area contributed by atoms with Gasteiger partial charge in [0.2, 0.25) is 21.8 Å². The van der Waals surface area contributed by atoms with Crippen molar-refractivity contribution in [3.63, 3.8) is 0 Å². The fourth-order valence-electron chi connectivity index (χ4n) is 2.05. The maximum absolute atomic E-state index is 11.9. The van der Waals surface area contributed by atoms with Crippen LogP contribution in [0.2, 0.25) is 0 Å². The Bertz CT molecular complexity index is 671. The maximum atomic E-state index is 11.9. The molecule has 24 heavy (non-hydrogen) atoms.